The highest BCUT2D eigenvalue weighted by atomic mass is 35.5. The maximum Gasteiger partial charge on any atom is 0.258 e. The second kappa shape index (κ2) is 11.5. The number of thiocarbonyl (C=S) groups is 1. The number of amides is 2. The van der Waals surface area contributed by atoms with Crippen molar-refractivity contribution in [3.05, 3.63) is 92.4 Å². The van der Waals surface area contributed by atoms with E-state index in [0.29, 0.717) is 41.9 Å². The van der Waals surface area contributed by atoms with Gasteiger partial charge < -0.3 is 15.1 Å². The van der Waals surface area contributed by atoms with Gasteiger partial charge in [-0.15, -0.1) is 0 Å². The van der Waals surface area contributed by atoms with Gasteiger partial charge in [-0.05, 0) is 67.2 Å². The maximum atomic E-state index is 12.9. The zero-order chi connectivity index (χ0) is 25.8. The number of aryl methyl sites for hydroxylation is 1. The molecule has 6 nitrogen and oxygen atoms in total. The molecule has 2 amide bonds. The van der Waals surface area contributed by atoms with E-state index in [1.54, 1.807) is 12.1 Å². The summed E-state index contributed by atoms with van der Waals surface area (Å²) in [5.74, 6) is -0.399. The fourth-order valence-corrected chi connectivity index (χ4v) is 4.99. The fraction of sp³-hybridized carbons (Fsp3) is 0.192. The van der Waals surface area contributed by atoms with E-state index in [1.165, 1.54) is 12.1 Å². The van der Waals surface area contributed by atoms with Gasteiger partial charge in [-0.1, -0.05) is 53.0 Å². The Morgan fingerprint density at radius 3 is 2.25 bits per heavy atom. The van der Waals surface area contributed by atoms with Crippen LogP contribution in [0.25, 0.3) is 0 Å². The largest absolute Gasteiger partial charge is 0.367 e. The third kappa shape index (κ3) is 6.10. The third-order valence-corrected chi connectivity index (χ3v) is 6.95. The molecule has 36 heavy (non-hydrogen) atoms. The molecule has 186 valence electrons. The zero-order valence-corrected chi connectivity index (χ0v) is 22.4. The van der Waals surface area contributed by atoms with Gasteiger partial charge in [0.15, 0.2) is 5.11 Å². The van der Waals surface area contributed by atoms with E-state index in [0.717, 1.165) is 16.8 Å². The molecule has 1 aliphatic heterocycles. The Bertz CT molecular complexity index is 1330. The van der Waals surface area contributed by atoms with Gasteiger partial charge in [-0.25, -0.2) is 0 Å². The van der Waals surface area contributed by atoms with Crippen molar-refractivity contribution in [3.8, 4) is 0 Å². The molecule has 0 atom stereocenters. The van der Waals surface area contributed by atoms with Crippen molar-refractivity contribution in [2.75, 3.05) is 36.4 Å². The summed E-state index contributed by atoms with van der Waals surface area (Å²) in [4.78, 5) is 29.4. The predicted molar refractivity (Wildman–Crippen MR) is 151 cm³/mol. The van der Waals surface area contributed by atoms with E-state index in [2.05, 4.69) is 15.5 Å². The topological polar surface area (TPSA) is 64.7 Å². The summed E-state index contributed by atoms with van der Waals surface area (Å²) in [6, 6.07) is 17.7. The second-order valence-electron chi connectivity index (χ2n) is 8.29. The van der Waals surface area contributed by atoms with Gasteiger partial charge in [0.25, 0.3) is 11.8 Å². The van der Waals surface area contributed by atoms with E-state index in [1.807, 2.05) is 48.2 Å². The van der Waals surface area contributed by atoms with Crippen LogP contribution in [0.2, 0.25) is 15.1 Å². The smallest absolute Gasteiger partial charge is 0.258 e. The van der Waals surface area contributed by atoms with E-state index < -0.39 is 5.91 Å². The van der Waals surface area contributed by atoms with Crippen LogP contribution in [0.1, 0.15) is 26.3 Å². The highest BCUT2D eigenvalue weighted by Gasteiger charge is 2.24. The van der Waals surface area contributed by atoms with Gasteiger partial charge in [-0.3, -0.25) is 14.9 Å². The van der Waals surface area contributed by atoms with E-state index in [-0.39, 0.29) is 21.6 Å². The van der Waals surface area contributed by atoms with E-state index in [4.69, 9.17) is 47.0 Å². The molecule has 3 aromatic rings. The van der Waals surface area contributed by atoms with Crippen LogP contribution in [0.5, 0.6) is 0 Å². The highest BCUT2D eigenvalue weighted by Crippen LogP contribution is 2.30. The minimum atomic E-state index is -0.449. The minimum Gasteiger partial charge on any atom is -0.367 e. The lowest BCUT2D eigenvalue weighted by Gasteiger charge is -2.36. The van der Waals surface area contributed by atoms with Crippen molar-refractivity contribution in [1.82, 2.24) is 10.2 Å². The van der Waals surface area contributed by atoms with Crippen LogP contribution in [-0.4, -0.2) is 48.0 Å². The minimum absolute atomic E-state index is 0.0499. The molecule has 4 rings (SSSR count). The summed E-state index contributed by atoms with van der Waals surface area (Å²) < 4.78 is 0. The van der Waals surface area contributed by atoms with Crippen LogP contribution in [0.15, 0.2) is 60.7 Å². The molecule has 0 unspecified atom stereocenters. The summed E-state index contributed by atoms with van der Waals surface area (Å²) in [7, 11) is 0. The van der Waals surface area contributed by atoms with Crippen molar-refractivity contribution in [2.45, 2.75) is 6.92 Å². The molecule has 2 N–H and O–H groups in total. The average molecular weight is 562 g/mol. The molecular formula is C26H23Cl3N4O2S. The Labute approximate surface area is 230 Å². The number of carbonyl (C=O) groups is 2. The van der Waals surface area contributed by atoms with Crippen molar-refractivity contribution >= 4 is 75.3 Å². The van der Waals surface area contributed by atoms with Crippen LogP contribution in [0.4, 0.5) is 11.4 Å². The summed E-state index contributed by atoms with van der Waals surface area (Å²) in [5, 5.41) is 6.88. The SMILES string of the molecule is Cc1ccccc1C(=O)N1CCN(c2ccc(NC(=S)NC(=O)c3ccc(Cl)cc3Cl)cc2Cl)CC1. The molecule has 10 heteroatoms. The molecule has 1 fully saturated rings. The summed E-state index contributed by atoms with van der Waals surface area (Å²) in [6.45, 7) is 4.49. The number of nitrogens with zero attached hydrogens (tertiary/aromatic N) is 2. The predicted octanol–water partition coefficient (Wildman–Crippen LogP) is 6.04. The lowest BCUT2D eigenvalue weighted by molar-refractivity contribution is 0.0746. The number of anilines is 2. The van der Waals surface area contributed by atoms with Crippen molar-refractivity contribution in [3.63, 3.8) is 0 Å². The molecular weight excluding hydrogens is 539 g/mol. The second-order valence-corrected chi connectivity index (χ2v) is 9.95. The lowest BCUT2D eigenvalue weighted by Crippen LogP contribution is -2.49. The number of benzene rings is 3. The number of halogens is 3. The monoisotopic (exact) mass is 560 g/mol. The van der Waals surface area contributed by atoms with Gasteiger partial charge in [0.1, 0.15) is 0 Å². The molecule has 0 radical (unpaired) electrons. The lowest BCUT2D eigenvalue weighted by atomic mass is 10.1. The molecule has 0 aliphatic carbocycles. The number of hydrogen-bond donors (Lipinski definition) is 2. The van der Waals surface area contributed by atoms with Gasteiger partial charge in [0.2, 0.25) is 0 Å². The Kier molecular flexibility index (Phi) is 8.36. The first kappa shape index (κ1) is 26.2. The van der Waals surface area contributed by atoms with Crippen LogP contribution in [0, 0.1) is 6.92 Å². The first-order chi connectivity index (χ1) is 17.2. The van der Waals surface area contributed by atoms with Crippen LogP contribution in [0.3, 0.4) is 0 Å². The highest BCUT2D eigenvalue weighted by molar-refractivity contribution is 7.80. The quantitative estimate of drug-likeness (QED) is 0.380. The maximum absolute atomic E-state index is 12.9. The Morgan fingerprint density at radius 2 is 1.58 bits per heavy atom. The van der Waals surface area contributed by atoms with E-state index >= 15 is 0 Å². The first-order valence-corrected chi connectivity index (χ1v) is 12.7. The van der Waals surface area contributed by atoms with Crippen LogP contribution < -0.4 is 15.5 Å². The molecule has 0 bridgehead atoms. The summed E-state index contributed by atoms with van der Waals surface area (Å²) in [5.41, 5.74) is 3.47. The average Bonchev–Trinajstić information content (AvgIpc) is 2.84. The first-order valence-electron chi connectivity index (χ1n) is 11.2. The Hall–Kier alpha value is -2.84. The number of carbonyl (C=O) groups excluding carboxylic acids is 2. The molecule has 1 saturated heterocycles. The van der Waals surface area contributed by atoms with Gasteiger partial charge in [-0.2, -0.15) is 0 Å². The fourth-order valence-electron chi connectivity index (χ4n) is 3.98. The molecule has 0 saturated carbocycles. The van der Waals surface area contributed by atoms with E-state index in [9.17, 15) is 9.59 Å². The van der Waals surface area contributed by atoms with Crippen molar-refractivity contribution in [1.29, 1.82) is 0 Å². The van der Waals surface area contributed by atoms with Crippen molar-refractivity contribution in [2.24, 2.45) is 0 Å². The van der Waals surface area contributed by atoms with Crippen molar-refractivity contribution < 1.29 is 9.59 Å². The standard InChI is InChI=1S/C26H23Cl3N4O2S/c1-16-4-2-3-5-19(16)25(35)33-12-10-32(11-13-33)23-9-7-18(15-22(23)29)30-26(36)31-24(34)20-8-6-17(27)14-21(20)28/h2-9,14-15H,10-13H2,1H3,(H2,30,31,34,36). The summed E-state index contributed by atoms with van der Waals surface area (Å²) in [6.07, 6.45) is 0. The number of piperazine rings is 1. The number of nitrogens with one attached hydrogen (secondary N) is 2. The number of hydrogen-bond acceptors (Lipinski definition) is 4. The Balaban J connectivity index is 1.34. The molecule has 0 aromatic heterocycles. The van der Waals surface area contributed by atoms with Crippen LogP contribution in [-0.2, 0) is 0 Å². The zero-order valence-electron chi connectivity index (χ0n) is 19.4. The molecule has 1 heterocycles. The molecule has 0 spiro atoms. The van der Waals surface area contributed by atoms with Gasteiger partial charge in [0, 0.05) is 42.5 Å². The Morgan fingerprint density at radius 1 is 0.861 bits per heavy atom. The van der Waals surface area contributed by atoms with Gasteiger partial charge >= 0.3 is 0 Å². The van der Waals surface area contributed by atoms with Crippen LogP contribution >= 0.6 is 47.0 Å². The molecule has 1 aliphatic rings. The van der Waals surface area contributed by atoms with Gasteiger partial charge in [0.05, 0.1) is 21.3 Å². The summed E-state index contributed by atoms with van der Waals surface area (Å²) >= 11 is 23.8. The third-order valence-electron chi connectivity index (χ3n) is 5.89. The number of rotatable bonds is 4. The normalized spacial score (nSPS) is 13.3. The molecule has 3 aromatic carbocycles.